The summed E-state index contributed by atoms with van der Waals surface area (Å²) in [6, 6.07) is 87.7. The highest BCUT2D eigenvalue weighted by molar-refractivity contribution is 6.32. The van der Waals surface area contributed by atoms with Gasteiger partial charge in [-0.15, -0.1) is 0 Å². The normalized spacial score (nSPS) is 12.6. The SMILES string of the molecule is CC(C)c1ccc(N(c2ccccc2)c2ccc3c4cc5c(cc4n4c6ccc(-c7ccc(C(C)(C)C)cc7)cc6c2c34)c2ccc(N(c3ccccc3)c3ccc(C(C)C)cc3)c3c4cc(-c6ccc(C(C)(C)C)cc6)ccc4n5c23)cc1. The maximum atomic E-state index is 2.59. The van der Waals surface area contributed by atoms with Crippen molar-refractivity contribution >= 4 is 110 Å². The second-order valence-corrected chi connectivity index (χ2v) is 26.2. The smallest absolute Gasteiger partial charge is 0.0641 e. The van der Waals surface area contributed by atoms with E-state index in [2.05, 4.69) is 318 Å². The van der Waals surface area contributed by atoms with Gasteiger partial charge in [-0.25, -0.2) is 0 Å². The first-order valence-electron chi connectivity index (χ1n) is 30.1. The van der Waals surface area contributed by atoms with Gasteiger partial charge in [-0.05, 0) is 164 Å². The summed E-state index contributed by atoms with van der Waals surface area (Å²) in [5, 5.41) is 9.93. The van der Waals surface area contributed by atoms with Crippen LogP contribution in [0.25, 0.3) is 98.4 Å². The fourth-order valence-corrected chi connectivity index (χ4v) is 13.7. The molecule has 0 fully saturated rings. The topological polar surface area (TPSA) is 15.3 Å². The van der Waals surface area contributed by atoms with Gasteiger partial charge in [0.1, 0.15) is 0 Å². The van der Waals surface area contributed by atoms with Crippen molar-refractivity contribution in [3.8, 4) is 22.3 Å². The van der Waals surface area contributed by atoms with Crippen molar-refractivity contribution in [3.63, 3.8) is 0 Å². The minimum absolute atomic E-state index is 0.0644. The van der Waals surface area contributed by atoms with E-state index >= 15 is 0 Å². The lowest BCUT2D eigenvalue weighted by atomic mass is 9.86. The van der Waals surface area contributed by atoms with Crippen LogP contribution in [0.1, 0.15) is 103 Å². The molecule has 0 radical (unpaired) electrons. The number of rotatable bonds is 10. The van der Waals surface area contributed by atoms with Crippen molar-refractivity contribution in [2.24, 2.45) is 0 Å². The third-order valence-electron chi connectivity index (χ3n) is 18.3. The molecule has 84 heavy (non-hydrogen) atoms. The number of anilines is 6. The molecule has 4 heteroatoms. The molecule has 0 bridgehead atoms. The molecule has 0 aliphatic heterocycles. The lowest BCUT2D eigenvalue weighted by molar-refractivity contribution is 0.590. The highest BCUT2D eigenvalue weighted by atomic mass is 15.2. The Bertz CT molecular complexity index is 4650. The molecule has 0 spiro atoms. The first-order valence-corrected chi connectivity index (χ1v) is 30.1. The van der Waals surface area contributed by atoms with Crippen LogP contribution in [0.15, 0.2) is 231 Å². The molecule has 0 saturated carbocycles. The molecule has 4 nitrogen and oxygen atoms in total. The fraction of sp³-hybridized carbons (Fsp3) is 0.175. The van der Waals surface area contributed by atoms with Crippen molar-refractivity contribution in [2.45, 2.75) is 91.9 Å². The van der Waals surface area contributed by atoms with Crippen LogP contribution < -0.4 is 9.80 Å². The molecule has 0 atom stereocenters. The van der Waals surface area contributed by atoms with Crippen LogP contribution in [0, 0.1) is 0 Å². The zero-order valence-corrected chi connectivity index (χ0v) is 49.9. The lowest BCUT2D eigenvalue weighted by Crippen LogP contribution is -2.10. The van der Waals surface area contributed by atoms with Crippen molar-refractivity contribution in [3.05, 3.63) is 253 Å². The molecule has 4 heterocycles. The molecule has 15 rings (SSSR count). The minimum Gasteiger partial charge on any atom is -0.310 e. The standard InChI is InChI=1S/C80H70N4/c1-49(2)51-25-35-61(36-26-51)81(59-17-13-11-14-18-59)71-43-39-63-65-47-74-66(48-73(65)83-69-41-29-55(45-67(69)75(71)77(63)83)53-21-31-57(32-22-53)79(5,6)7)64-40-44-72(82(60-19-15-12-16-20-60)62-37-27-52(28-38-62)50(3)4)76-68-46-56(30-42-70(68)84(74)78(64)76)54-23-33-58(34-24-54)80(8,9)10/h11-50H,1-10H3. The van der Waals surface area contributed by atoms with E-state index in [1.807, 2.05) is 0 Å². The van der Waals surface area contributed by atoms with Crippen LogP contribution in [-0.4, -0.2) is 8.80 Å². The van der Waals surface area contributed by atoms with Crippen LogP contribution in [0.5, 0.6) is 0 Å². The van der Waals surface area contributed by atoms with Crippen molar-refractivity contribution in [1.82, 2.24) is 8.80 Å². The van der Waals surface area contributed by atoms with Crippen LogP contribution in [0.2, 0.25) is 0 Å². The van der Waals surface area contributed by atoms with Crippen LogP contribution in [0.4, 0.5) is 34.1 Å². The molecule has 0 amide bonds. The number of nitrogens with zero attached hydrogens (tertiary/aromatic N) is 4. The molecule has 0 aliphatic rings. The maximum Gasteiger partial charge on any atom is 0.0641 e. The van der Waals surface area contributed by atoms with Gasteiger partial charge in [-0.2, -0.15) is 0 Å². The lowest BCUT2D eigenvalue weighted by Gasteiger charge is -2.27. The van der Waals surface area contributed by atoms with E-state index in [4.69, 9.17) is 0 Å². The van der Waals surface area contributed by atoms with E-state index in [1.54, 1.807) is 0 Å². The first kappa shape index (κ1) is 51.5. The predicted molar refractivity (Wildman–Crippen MR) is 362 cm³/mol. The fourth-order valence-electron chi connectivity index (χ4n) is 13.7. The van der Waals surface area contributed by atoms with Crippen molar-refractivity contribution in [1.29, 1.82) is 0 Å². The summed E-state index contributed by atoms with van der Waals surface area (Å²) in [7, 11) is 0. The third-order valence-corrected chi connectivity index (χ3v) is 18.3. The number of fused-ring (bicyclic) bond motifs is 12. The van der Waals surface area contributed by atoms with Crippen LogP contribution in [-0.2, 0) is 10.8 Å². The monoisotopic (exact) mass is 1090 g/mol. The Morgan fingerprint density at radius 3 is 0.988 bits per heavy atom. The van der Waals surface area contributed by atoms with Crippen molar-refractivity contribution in [2.75, 3.05) is 9.80 Å². The van der Waals surface area contributed by atoms with E-state index < -0.39 is 0 Å². The van der Waals surface area contributed by atoms with Gasteiger partial charge in [-0.1, -0.05) is 203 Å². The average Bonchev–Trinajstić information content (AvgIpc) is 1.55. The Morgan fingerprint density at radius 1 is 0.298 bits per heavy atom. The van der Waals surface area contributed by atoms with Gasteiger partial charge in [0.2, 0.25) is 0 Å². The van der Waals surface area contributed by atoms with Gasteiger partial charge < -0.3 is 18.6 Å². The van der Waals surface area contributed by atoms with E-state index in [0.29, 0.717) is 11.8 Å². The van der Waals surface area contributed by atoms with Gasteiger partial charge in [0, 0.05) is 65.8 Å². The molecule has 11 aromatic carbocycles. The number of para-hydroxylation sites is 2. The predicted octanol–water partition coefficient (Wildman–Crippen LogP) is 23.1. The third kappa shape index (κ3) is 8.09. The van der Waals surface area contributed by atoms with Crippen molar-refractivity contribution < 1.29 is 0 Å². The molecule has 0 N–H and O–H groups in total. The Balaban J connectivity index is 1.02. The van der Waals surface area contributed by atoms with Crippen LogP contribution in [0.3, 0.4) is 0 Å². The van der Waals surface area contributed by atoms with E-state index in [9.17, 15) is 0 Å². The number of hydrogen-bond acceptors (Lipinski definition) is 2. The van der Waals surface area contributed by atoms with E-state index in [1.165, 1.54) is 121 Å². The zero-order valence-electron chi connectivity index (χ0n) is 49.9. The molecular formula is C80H70N4. The van der Waals surface area contributed by atoms with Gasteiger partial charge in [-0.3, -0.25) is 0 Å². The summed E-state index contributed by atoms with van der Waals surface area (Å²) in [5.74, 6) is 0.858. The molecule has 0 unspecified atom stereocenters. The summed E-state index contributed by atoms with van der Waals surface area (Å²) in [6.07, 6.45) is 0. The molecule has 0 aliphatic carbocycles. The number of benzene rings is 11. The van der Waals surface area contributed by atoms with Gasteiger partial charge in [0.25, 0.3) is 0 Å². The molecular weight excluding hydrogens is 1020 g/mol. The summed E-state index contributed by atoms with van der Waals surface area (Å²) in [6.45, 7) is 22.8. The highest BCUT2D eigenvalue weighted by Gasteiger charge is 2.29. The minimum atomic E-state index is 0.0644. The first-order chi connectivity index (χ1) is 40.6. The highest BCUT2D eigenvalue weighted by Crippen LogP contribution is 2.52. The molecule has 15 aromatic rings. The van der Waals surface area contributed by atoms with Gasteiger partial charge in [0.15, 0.2) is 0 Å². The second kappa shape index (κ2) is 19.1. The Morgan fingerprint density at radius 2 is 0.643 bits per heavy atom. The summed E-state index contributed by atoms with van der Waals surface area (Å²) >= 11 is 0. The number of aromatic nitrogens is 2. The maximum absolute atomic E-state index is 2.59. The Labute approximate surface area is 493 Å². The Kier molecular flexibility index (Phi) is 11.7. The van der Waals surface area contributed by atoms with E-state index in [0.717, 1.165) is 34.1 Å². The summed E-state index contributed by atoms with van der Waals surface area (Å²) in [4.78, 5) is 4.95. The average molecular weight is 1090 g/mol. The zero-order chi connectivity index (χ0) is 57.5. The van der Waals surface area contributed by atoms with Gasteiger partial charge >= 0.3 is 0 Å². The molecule has 4 aromatic heterocycles. The van der Waals surface area contributed by atoms with Crippen LogP contribution >= 0.6 is 0 Å². The summed E-state index contributed by atoms with van der Waals surface area (Å²) < 4.78 is 5.17. The largest absolute Gasteiger partial charge is 0.310 e. The Hall–Kier alpha value is -9.38. The number of hydrogen-bond donors (Lipinski definition) is 0. The quantitative estimate of drug-likeness (QED) is 0.136. The molecule has 0 saturated heterocycles. The van der Waals surface area contributed by atoms with Gasteiger partial charge in [0.05, 0.1) is 44.5 Å². The van der Waals surface area contributed by atoms with E-state index in [-0.39, 0.29) is 10.8 Å². The summed E-state index contributed by atoms with van der Waals surface area (Å²) in [5.41, 5.74) is 24.4. The second-order valence-electron chi connectivity index (χ2n) is 26.2. The molecule has 410 valence electrons.